The van der Waals surface area contributed by atoms with Crippen LogP contribution in [0.15, 0.2) is 27.6 Å². The van der Waals surface area contributed by atoms with Crippen molar-refractivity contribution in [2.45, 2.75) is 30.8 Å². The van der Waals surface area contributed by atoms with Gasteiger partial charge in [-0.3, -0.25) is 0 Å². The molecule has 7 heteroatoms. The van der Waals surface area contributed by atoms with Crippen molar-refractivity contribution in [3.8, 4) is 0 Å². The van der Waals surface area contributed by atoms with E-state index in [1.165, 1.54) is 10.4 Å². The predicted molar refractivity (Wildman–Crippen MR) is 82.0 cm³/mol. The molecule has 0 amide bonds. The Morgan fingerprint density at radius 2 is 2.25 bits per heavy atom. The van der Waals surface area contributed by atoms with Gasteiger partial charge in [0.1, 0.15) is 0 Å². The van der Waals surface area contributed by atoms with E-state index < -0.39 is 10.0 Å². The third kappa shape index (κ3) is 3.33. The van der Waals surface area contributed by atoms with Crippen LogP contribution in [0.25, 0.3) is 0 Å². The Balaban J connectivity index is 2.26. The summed E-state index contributed by atoms with van der Waals surface area (Å²) in [6, 6.07) is 4.73. The molecule has 1 aromatic rings. The molecular formula is C13H19BrN2O3S. The van der Waals surface area contributed by atoms with Gasteiger partial charge in [0.15, 0.2) is 0 Å². The van der Waals surface area contributed by atoms with E-state index in [9.17, 15) is 8.42 Å². The highest BCUT2D eigenvalue weighted by Gasteiger charge is 2.29. The van der Waals surface area contributed by atoms with Crippen LogP contribution in [0.3, 0.4) is 0 Å². The number of nitrogen functional groups attached to an aromatic ring is 1. The van der Waals surface area contributed by atoms with E-state index in [0.29, 0.717) is 29.9 Å². The summed E-state index contributed by atoms with van der Waals surface area (Å²) < 4.78 is 32.8. The number of likely N-dealkylation sites (N-methyl/N-ethyl adjacent to an activating group) is 1. The van der Waals surface area contributed by atoms with E-state index in [1.807, 2.05) is 6.92 Å². The van der Waals surface area contributed by atoms with Crippen LogP contribution in [0.1, 0.15) is 19.8 Å². The van der Waals surface area contributed by atoms with E-state index in [1.54, 1.807) is 12.1 Å². The fourth-order valence-electron chi connectivity index (χ4n) is 2.28. The highest BCUT2D eigenvalue weighted by atomic mass is 79.9. The molecule has 1 heterocycles. The highest BCUT2D eigenvalue weighted by Crippen LogP contribution is 2.28. The zero-order valence-corrected chi connectivity index (χ0v) is 13.8. The van der Waals surface area contributed by atoms with Gasteiger partial charge in [0.25, 0.3) is 0 Å². The SMILES string of the molecule is CCN(CC1CCCO1)S(=O)(=O)c1ccc(N)cc1Br. The number of hydrogen-bond acceptors (Lipinski definition) is 4. The van der Waals surface area contributed by atoms with Crippen LogP contribution in [-0.4, -0.2) is 38.5 Å². The number of sulfonamides is 1. The first-order valence-electron chi connectivity index (χ1n) is 6.62. The average Bonchev–Trinajstić information content (AvgIpc) is 2.88. The minimum Gasteiger partial charge on any atom is -0.399 e. The van der Waals surface area contributed by atoms with Crippen LogP contribution < -0.4 is 5.73 Å². The Hall–Kier alpha value is -0.630. The third-order valence-electron chi connectivity index (χ3n) is 3.36. The smallest absolute Gasteiger partial charge is 0.244 e. The number of ether oxygens (including phenoxy) is 1. The second-order valence-corrected chi connectivity index (χ2v) is 7.54. The molecule has 1 fully saturated rings. The summed E-state index contributed by atoms with van der Waals surface area (Å²) in [4.78, 5) is 0.242. The quantitative estimate of drug-likeness (QED) is 0.815. The number of halogens is 1. The maximum Gasteiger partial charge on any atom is 0.244 e. The lowest BCUT2D eigenvalue weighted by molar-refractivity contribution is 0.0946. The van der Waals surface area contributed by atoms with Crippen LogP contribution in [0.4, 0.5) is 5.69 Å². The van der Waals surface area contributed by atoms with Gasteiger partial charge in [-0.15, -0.1) is 0 Å². The number of nitrogens with two attached hydrogens (primary N) is 1. The van der Waals surface area contributed by atoms with Gasteiger partial charge in [-0.25, -0.2) is 8.42 Å². The van der Waals surface area contributed by atoms with Gasteiger partial charge < -0.3 is 10.5 Å². The molecule has 1 aliphatic rings. The summed E-state index contributed by atoms with van der Waals surface area (Å²) >= 11 is 3.28. The molecule has 20 heavy (non-hydrogen) atoms. The maximum atomic E-state index is 12.7. The van der Waals surface area contributed by atoms with Crippen molar-refractivity contribution in [2.24, 2.45) is 0 Å². The van der Waals surface area contributed by atoms with Crippen molar-refractivity contribution in [3.63, 3.8) is 0 Å². The number of benzene rings is 1. The molecule has 1 atom stereocenters. The normalized spacial score (nSPS) is 19.6. The Bertz CT molecular complexity index is 571. The average molecular weight is 363 g/mol. The van der Waals surface area contributed by atoms with Gasteiger partial charge in [0, 0.05) is 29.9 Å². The molecule has 1 saturated heterocycles. The highest BCUT2D eigenvalue weighted by molar-refractivity contribution is 9.10. The minimum atomic E-state index is -3.54. The van der Waals surface area contributed by atoms with Crippen LogP contribution in [0.2, 0.25) is 0 Å². The van der Waals surface area contributed by atoms with Crippen LogP contribution in [0, 0.1) is 0 Å². The van der Waals surface area contributed by atoms with Gasteiger partial charge in [-0.1, -0.05) is 6.92 Å². The molecule has 0 spiro atoms. The first-order chi connectivity index (χ1) is 9.45. The van der Waals surface area contributed by atoms with Gasteiger partial charge in [0.2, 0.25) is 10.0 Å². The first kappa shape index (κ1) is 15.8. The zero-order chi connectivity index (χ0) is 14.8. The van der Waals surface area contributed by atoms with Crippen molar-refractivity contribution in [3.05, 3.63) is 22.7 Å². The van der Waals surface area contributed by atoms with E-state index >= 15 is 0 Å². The third-order valence-corrected chi connectivity index (χ3v) is 6.28. The van der Waals surface area contributed by atoms with Crippen molar-refractivity contribution < 1.29 is 13.2 Å². The second-order valence-electron chi connectivity index (χ2n) is 4.78. The first-order valence-corrected chi connectivity index (χ1v) is 8.85. The van der Waals surface area contributed by atoms with Crippen molar-refractivity contribution >= 4 is 31.6 Å². The summed E-state index contributed by atoms with van der Waals surface area (Å²) in [5.41, 5.74) is 6.18. The summed E-state index contributed by atoms with van der Waals surface area (Å²) in [5, 5.41) is 0. The van der Waals surface area contributed by atoms with Crippen molar-refractivity contribution in [1.29, 1.82) is 0 Å². The lowest BCUT2D eigenvalue weighted by Gasteiger charge is -2.24. The molecule has 1 aliphatic heterocycles. The molecule has 5 nitrogen and oxygen atoms in total. The predicted octanol–water partition coefficient (Wildman–Crippen LogP) is 2.22. The lowest BCUT2D eigenvalue weighted by atomic mass is 10.2. The molecule has 0 saturated carbocycles. The number of nitrogens with zero attached hydrogens (tertiary/aromatic N) is 1. The Morgan fingerprint density at radius 1 is 1.50 bits per heavy atom. The molecular weight excluding hydrogens is 344 g/mol. The zero-order valence-electron chi connectivity index (χ0n) is 11.4. The number of rotatable bonds is 5. The standard InChI is InChI=1S/C13H19BrN2O3S/c1-2-16(9-11-4-3-7-19-11)20(17,18)13-6-5-10(15)8-12(13)14/h5-6,8,11H,2-4,7,9,15H2,1H3. The summed E-state index contributed by atoms with van der Waals surface area (Å²) in [7, 11) is -3.54. The largest absolute Gasteiger partial charge is 0.399 e. The molecule has 0 aromatic heterocycles. The monoisotopic (exact) mass is 362 g/mol. The van der Waals surface area contributed by atoms with Gasteiger partial charge >= 0.3 is 0 Å². The van der Waals surface area contributed by atoms with E-state index in [2.05, 4.69) is 15.9 Å². The van der Waals surface area contributed by atoms with E-state index in [0.717, 1.165) is 12.8 Å². The second kappa shape index (κ2) is 6.43. The molecule has 0 radical (unpaired) electrons. The molecule has 0 aliphatic carbocycles. The fraction of sp³-hybridized carbons (Fsp3) is 0.538. The molecule has 1 aromatic carbocycles. The van der Waals surface area contributed by atoms with Crippen LogP contribution >= 0.6 is 15.9 Å². The summed E-state index contributed by atoms with van der Waals surface area (Å²) in [5.74, 6) is 0. The van der Waals surface area contributed by atoms with Gasteiger partial charge in [-0.05, 0) is 47.0 Å². The maximum absolute atomic E-state index is 12.7. The van der Waals surface area contributed by atoms with Gasteiger partial charge in [-0.2, -0.15) is 4.31 Å². The van der Waals surface area contributed by atoms with Crippen LogP contribution in [0.5, 0.6) is 0 Å². The van der Waals surface area contributed by atoms with Crippen LogP contribution in [-0.2, 0) is 14.8 Å². The van der Waals surface area contributed by atoms with Crippen molar-refractivity contribution in [2.75, 3.05) is 25.4 Å². The lowest BCUT2D eigenvalue weighted by Crippen LogP contribution is -2.37. The van der Waals surface area contributed by atoms with Gasteiger partial charge in [0.05, 0.1) is 11.0 Å². The molecule has 2 N–H and O–H groups in total. The molecule has 112 valence electrons. The molecule has 2 rings (SSSR count). The summed E-state index contributed by atoms with van der Waals surface area (Å²) in [6.45, 7) is 3.36. The van der Waals surface area contributed by atoms with E-state index in [4.69, 9.17) is 10.5 Å². The Morgan fingerprint density at radius 3 is 2.80 bits per heavy atom. The minimum absolute atomic E-state index is 0.00252. The molecule has 0 bridgehead atoms. The topological polar surface area (TPSA) is 72.6 Å². The molecule has 1 unspecified atom stereocenters. The van der Waals surface area contributed by atoms with Crippen molar-refractivity contribution in [1.82, 2.24) is 4.31 Å². The summed E-state index contributed by atoms with van der Waals surface area (Å²) in [6.07, 6.45) is 1.90. The van der Waals surface area contributed by atoms with E-state index in [-0.39, 0.29) is 11.0 Å². The fourth-order valence-corrected chi connectivity index (χ4v) is 4.81. The Labute approximate surface area is 128 Å². The number of hydrogen-bond donors (Lipinski definition) is 1. The Kier molecular flexibility index (Phi) is 5.06. The number of anilines is 1.